The summed E-state index contributed by atoms with van der Waals surface area (Å²) in [5, 5.41) is 3.43. The average molecular weight is 194 g/mol. The fourth-order valence-corrected chi connectivity index (χ4v) is 1.89. The van der Waals surface area contributed by atoms with E-state index < -0.39 is 0 Å². The molecule has 0 radical (unpaired) electrons. The molecule has 0 unspecified atom stereocenters. The number of hydrogen-bond donors (Lipinski definition) is 1. The van der Waals surface area contributed by atoms with Gasteiger partial charge in [0.05, 0.1) is 11.9 Å². The molecule has 0 atom stereocenters. The standard InChI is InChI=1S/C11H15FN2/c12-9-5-6-11(13-7-9)8-14-10-3-1-2-4-10/h5-7,10,14H,1-4,8H2. The Morgan fingerprint density at radius 1 is 1.36 bits per heavy atom. The molecule has 3 heteroatoms. The number of halogens is 1. The van der Waals surface area contributed by atoms with Gasteiger partial charge in [0.25, 0.3) is 0 Å². The molecule has 1 N–H and O–H groups in total. The van der Waals surface area contributed by atoms with Crippen molar-refractivity contribution in [1.29, 1.82) is 0 Å². The summed E-state index contributed by atoms with van der Waals surface area (Å²) < 4.78 is 12.5. The molecule has 0 aliphatic heterocycles. The molecule has 1 saturated carbocycles. The third-order valence-corrected chi connectivity index (χ3v) is 2.72. The Morgan fingerprint density at radius 3 is 2.79 bits per heavy atom. The summed E-state index contributed by atoms with van der Waals surface area (Å²) >= 11 is 0. The number of nitrogens with one attached hydrogen (secondary N) is 1. The van der Waals surface area contributed by atoms with Crippen molar-refractivity contribution in [2.45, 2.75) is 38.3 Å². The van der Waals surface area contributed by atoms with Gasteiger partial charge in [-0.15, -0.1) is 0 Å². The van der Waals surface area contributed by atoms with Crippen molar-refractivity contribution in [2.75, 3.05) is 0 Å². The Morgan fingerprint density at radius 2 is 2.14 bits per heavy atom. The van der Waals surface area contributed by atoms with Gasteiger partial charge in [0.2, 0.25) is 0 Å². The van der Waals surface area contributed by atoms with Crippen LogP contribution >= 0.6 is 0 Å². The second kappa shape index (κ2) is 4.51. The van der Waals surface area contributed by atoms with E-state index in [4.69, 9.17) is 0 Å². The third-order valence-electron chi connectivity index (χ3n) is 2.72. The van der Waals surface area contributed by atoms with Crippen LogP contribution in [0.15, 0.2) is 18.3 Å². The molecule has 0 saturated heterocycles. The topological polar surface area (TPSA) is 24.9 Å². The molecule has 2 nitrogen and oxygen atoms in total. The lowest BCUT2D eigenvalue weighted by Crippen LogP contribution is -2.25. The van der Waals surface area contributed by atoms with E-state index in [1.165, 1.54) is 37.9 Å². The fraction of sp³-hybridized carbons (Fsp3) is 0.545. The maximum atomic E-state index is 12.5. The van der Waals surface area contributed by atoms with Crippen molar-refractivity contribution >= 4 is 0 Å². The fourth-order valence-electron chi connectivity index (χ4n) is 1.89. The SMILES string of the molecule is Fc1ccc(CNC2CCCC2)nc1. The van der Waals surface area contributed by atoms with Gasteiger partial charge in [-0.05, 0) is 25.0 Å². The van der Waals surface area contributed by atoms with Crippen LogP contribution in [0.3, 0.4) is 0 Å². The molecular formula is C11H15FN2. The quantitative estimate of drug-likeness (QED) is 0.798. The van der Waals surface area contributed by atoms with E-state index in [9.17, 15) is 4.39 Å². The number of hydrogen-bond acceptors (Lipinski definition) is 2. The second-order valence-corrected chi connectivity index (χ2v) is 3.83. The Kier molecular flexibility index (Phi) is 3.09. The lowest BCUT2D eigenvalue weighted by Gasteiger charge is -2.10. The van der Waals surface area contributed by atoms with Gasteiger partial charge < -0.3 is 5.32 Å². The Bertz CT molecular complexity index is 278. The highest BCUT2D eigenvalue weighted by molar-refractivity contribution is 5.05. The molecule has 1 aromatic heterocycles. The predicted molar refractivity (Wildman–Crippen MR) is 53.3 cm³/mol. The maximum absolute atomic E-state index is 12.5. The van der Waals surface area contributed by atoms with Crippen molar-refractivity contribution in [1.82, 2.24) is 10.3 Å². The molecule has 1 aliphatic rings. The van der Waals surface area contributed by atoms with Crippen LogP contribution in [0.2, 0.25) is 0 Å². The molecule has 1 aliphatic carbocycles. The van der Waals surface area contributed by atoms with Crippen molar-refractivity contribution in [3.63, 3.8) is 0 Å². The normalized spacial score (nSPS) is 17.5. The summed E-state index contributed by atoms with van der Waals surface area (Å²) in [6.07, 6.45) is 6.46. The predicted octanol–water partition coefficient (Wildman–Crippen LogP) is 2.25. The van der Waals surface area contributed by atoms with Crippen LogP contribution < -0.4 is 5.32 Å². The van der Waals surface area contributed by atoms with Crippen molar-refractivity contribution in [3.8, 4) is 0 Å². The summed E-state index contributed by atoms with van der Waals surface area (Å²) in [5.74, 6) is -0.269. The van der Waals surface area contributed by atoms with E-state index in [1.807, 2.05) is 0 Å². The summed E-state index contributed by atoms with van der Waals surface area (Å²) in [6.45, 7) is 0.755. The number of pyridine rings is 1. The van der Waals surface area contributed by atoms with Crippen molar-refractivity contribution < 1.29 is 4.39 Å². The van der Waals surface area contributed by atoms with E-state index in [0.29, 0.717) is 6.04 Å². The second-order valence-electron chi connectivity index (χ2n) is 3.83. The molecule has 0 aromatic carbocycles. The third kappa shape index (κ3) is 2.51. The molecule has 0 bridgehead atoms. The first kappa shape index (κ1) is 9.59. The first-order chi connectivity index (χ1) is 6.84. The monoisotopic (exact) mass is 194 g/mol. The van der Waals surface area contributed by atoms with E-state index in [0.717, 1.165) is 12.2 Å². The van der Waals surface area contributed by atoms with E-state index in [2.05, 4.69) is 10.3 Å². The zero-order valence-electron chi connectivity index (χ0n) is 8.17. The largest absolute Gasteiger partial charge is 0.308 e. The highest BCUT2D eigenvalue weighted by Crippen LogP contribution is 2.17. The first-order valence-electron chi connectivity index (χ1n) is 5.18. The lowest BCUT2D eigenvalue weighted by molar-refractivity contribution is 0.518. The van der Waals surface area contributed by atoms with Crippen LogP contribution in [0.5, 0.6) is 0 Å². The summed E-state index contributed by atoms with van der Waals surface area (Å²) in [5.41, 5.74) is 0.915. The minimum Gasteiger partial charge on any atom is -0.308 e. The molecule has 1 aromatic rings. The molecule has 0 spiro atoms. The van der Waals surface area contributed by atoms with Crippen LogP contribution in [0.4, 0.5) is 4.39 Å². The van der Waals surface area contributed by atoms with Gasteiger partial charge in [0, 0.05) is 12.6 Å². The lowest BCUT2D eigenvalue weighted by atomic mass is 10.2. The van der Waals surface area contributed by atoms with Crippen molar-refractivity contribution in [2.24, 2.45) is 0 Å². The molecule has 1 heterocycles. The number of nitrogens with zero attached hydrogens (tertiary/aromatic N) is 1. The Hall–Kier alpha value is -0.960. The first-order valence-corrected chi connectivity index (χ1v) is 5.18. The minimum atomic E-state index is -0.269. The molecule has 14 heavy (non-hydrogen) atoms. The van der Waals surface area contributed by atoms with Gasteiger partial charge >= 0.3 is 0 Å². The van der Waals surface area contributed by atoms with Gasteiger partial charge in [0.15, 0.2) is 0 Å². The van der Waals surface area contributed by atoms with Gasteiger partial charge in [-0.25, -0.2) is 4.39 Å². The maximum Gasteiger partial charge on any atom is 0.141 e. The van der Waals surface area contributed by atoms with E-state index >= 15 is 0 Å². The zero-order valence-corrected chi connectivity index (χ0v) is 8.17. The number of aromatic nitrogens is 1. The van der Waals surface area contributed by atoms with Crippen LogP contribution in [0, 0.1) is 5.82 Å². The highest BCUT2D eigenvalue weighted by atomic mass is 19.1. The Labute approximate surface area is 83.6 Å². The zero-order chi connectivity index (χ0) is 9.80. The van der Waals surface area contributed by atoms with Gasteiger partial charge in [0.1, 0.15) is 5.82 Å². The van der Waals surface area contributed by atoms with Crippen molar-refractivity contribution in [3.05, 3.63) is 29.8 Å². The van der Waals surface area contributed by atoms with Crippen LogP contribution in [-0.4, -0.2) is 11.0 Å². The molecule has 0 amide bonds. The van der Waals surface area contributed by atoms with Crippen LogP contribution in [-0.2, 0) is 6.54 Å². The van der Waals surface area contributed by atoms with Gasteiger partial charge in [-0.3, -0.25) is 4.98 Å². The van der Waals surface area contributed by atoms with E-state index in [-0.39, 0.29) is 5.82 Å². The Balaban J connectivity index is 1.82. The molecule has 2 rings (SSSR count). The molecular weight excluding hydrogens is 179 g/mol. The van der Waals surface area contributed by atoms with Gasteiger partial charge in [-0.1, -0.05) is 12.8 Å². The highest BCUT2D eigenvalue weighted by Gasteiger charge is 2.13. The van der Waals surface area contributed by atoms with E-state index in [1.54, 1.807) is 6.07 Å². The minimum absolute atomic E-state index is 0.269. The van der Waals surface area contributed by atoms with Crippen LogP contribution in [0.1, 0.15) is 31.4 Å². The van der Waals surface area contributed by atoms with Gasteiger partial charge in [-0.2, -0.15) is 0 Å². The summed E-state index contributed by atoms with van der Waals surface area (Å²) in [4.78, 5) is 4.00. The molecule has 76 valence electrons. The smallest absolute Gasteiger partial charge is 0.141 e. The van der Waals surface area contributed by atoms with Crippen LogP contribution in [0.25, 0.3) is 0 Å². The average Bonchev–Trinajstić information content (AvgIpc) is 2.70. The summed E-state index contributed by atoms with van der Waals surface area (Å²) in [7, 11) is 0. The molecule has 1 fully saturated rings. The number of rotatable bonds is 3. The summed E-state index contributed by atoms with van der Waals surface area (Å²) in [6, 6.07) is 3.83.